The minimum absolute atomic E-state index is 0.211. The van der Waals surface area contributed by atoms with Gasteiger partial charge in [-0.3, -0.25) is 0 Å². The molecule has 1 aromatic rings. The van der Waals surface area contributed by atoms with E-state index in [4.69, 9.17) is 0 Å². The van der Waals surface area contributed by atoms with Gasteiger partial charge < -0.3 is 10.2 Å². The Labute approximate surface area is 104 Å². The molecule has 1 N–H and O–H groups in total. The van der Waals surface area contributed by atoms with E-state index in [-0.39, 0.29) is 5.82 Å². The average molecular weight is 287 g/mol. The standard InChI is InChI=1S/C12H16BrFN2/c1-3-16-8(2)4-5-15-11-7-10(14)9(13)6-12(11)16/h6-8,15H,3-5H2,1-2H3. The van der Waals surface area contributed by atoms with Gasteiger partial charge in [-0.25, -0.2) is 4.39 Å². The lowest BCUT2D eigenvalue weighted by Gasteiger charge is -2.29. The first-order chi connectivity index (χ1) is 7.63. The molecule has 2 rings (SSSR count). The smallest absolute Gasteiger partial charge is 0.139 e. The van der Waals surface area contributed by atoms with Crippen LogP contribution in [0.15, 0.2) is 16.6 Å². The van der Waals surface area contributed by atoms with Crippen molar-refractivity contribution in [3.63, 3.8) is 0 Å². The van der Waals surface area contributed by atoms with Gasteiger partial charge in [-0.2, -0.15) is 0 Å². The number of benzene rings is 1. The quantitative estimate of drug-likeness (QED) is 0.848. The van der Waals surface area contributed by atoms with Crippen molar-refractivity contribution < 1.29 is 4.39 Å². The Hall–Kier alpha value is -0.770. The van der Waals surface area contributed by atoms with Crippen LogP contribution in [0.25, 0.3) is 0 Å². The van der Waals surface area contributed by atoms with Gasteiger partial charge in [-0.1, -0.05) is 0 Å². The fourth-order valence-electron chi connectivity index (χ4n) is 2.21. The summed E-state index contributed by atoms with van der Waals surface area (Å²) in [4.78, 5) is 2.31. The maximum Gasteiger partial charge on any atom is 0.139 e. The van der Waals surface area contributed by atoms with Crippen molar-refractivity contribution in [2.24, 2.45) is 0 Å². The van der Waals surface area contributed by atoms with Gasteiger partial charge in [0, 0.05) is 25.2 Å². The number of nitrogens with zero attached hydrogens (tertiary/aromatic N) is 1. The van der Waals surface area contributed by atoms with Crippen molar-refractivity contribution in [2.75, 3.05) is 23.3 Å². The topological polar surface area (TPSA) is 15.3 Å². The average Bonchev–Trinajstić information content (AvgIpc) is 2.38. The lowest BCUT2D eigenvalue weighted by molar-refractivity contribution is 0.617. The third-order valence-corrected chi connectivity index (χ3v) is 3.71. The van der Waals surface area contributed by atoms with E-state index in [1.807, 2.05) is 6.07 Å². The number of anilines is 2. The molecular weight excluding hydrogens is 271 g/mol. The molecule has 88 valence electrons. The van der Waals surface area contributed by atoms with E-state index in [9.17, 15) is 4.39 Å². The van der Waals surface area contributed by atoms with Gasteiger partial charge in [-0.05, 0) is 42.3 Å². The summed E-state index contributed by atoms with van der Waals surface area (Å²) in [5, 5.41) is 3.29. The predicted molar refractivity (Wildman–Crippen MR) is 69.7 cm³/mol. The van der Waals surface area contributed by atoms with Gasteiger partial charge in [0.05, 0.1) is 15.8 Å². The fourth-order valence-corrected chi connectivity index (χ4v) is 2.54. The normalized spacial score (nSPS) is 20.0. The SMILES string of the molecule is CCN1c2cc(Br)c(F)cc2NCCC1C. The fraction of sp³-hybridized carbons (Fsp3) is 0.500. The zero-order valence-electron chi connectivity index (χ0n) is 9.56. The molecule has 0 bridgehead atoms. The second kappa shape index (κ2) is 4.62. The molecule has 1 heterocycles. The number of nitrogens with one attached hydrogen (secondary N) is 1. The maximum absolute atomic E-state index is 13.5. The highest BCUT2D eigenvalue weighted by molar-refractivity contribution is 9.10. The van der Waals surface area contributed by atoms with E-state index in [0.29, 0.717) is 10.5 Å². The van der Waals surface area contributed by atoms with Crippen LogP contribution >= 0.6 is 15.9 Å². The Morgan fingerprint density at radius 3 is 3.00 bits per heavy atom. The minimum Gasteiger partial charge on any atom is -0.383 e. The van der Waals surface area contributed by atoms with Crippen LogP contribution in [0.1, 0.15) is 20.3 Å². The van der Waals surface area contributed by atoms with E-state index in [1.54, 1.807) is 6.07 Å². The molecule has 0 radical (unpaired) electrons. The van der Waals surface area contributed by atoms with E-state index < -0.39 is 0 Å². The van der Waals surface area contributed by atoms with Crippen LogP contribution < -0.4 is 10.2 Å². The Morgan fingerprint density at radius 1 is 1.56 bits per heavy atom. The lowest BCUT2D eigenvalue weighted by Crippen LogP contribution is -2.32. The minimum atomic E-state index is -0.211. The molecule has 0 amide bonds. The summed E-state index contributed by atoms with van der Waals surface area (Å²) in [6.45, 7) is 6.17. The highest BCUT2D eigenvalue weighted by Gasteiger charge is 2.21. The molecular formula is C12H16BrFN2. The van der Waals surface area contributed by atoms with Gasteiger partial charge in [0.25, 0.3) is 0 Å². The summed E-state index contributed by atoms with van der Waals surface area (Å²) < 4.78 is 14.0. The molecule has 1 aliphatic heterocycles. The third kappa shape index (κ3) is 2.03. The summed E-state index contributed by atoms with van der Waals surface area (Å²) in [6, 6.07) is 3.92. The summed E-state index contributed by atoms with van der Waals surface area (Å²) in [7, 11) is 0. The summed E-state index contributed by atoms with van der Waals surface area (Å²) >= 11 is 3.25. The van der Waals surface area contributed by atoms with Crippen molar-refractivity contribution in [3.8, 4) is 0 Å². The van der Waals surface area contributed by atoms with Crippen molar-refractivity contribution in [2.45, 2.75) is 26.3 Å². The molecule has 1 aromatic carbocycles. The first-order valence-electron chi connectivity index (χ1n) is 5.63. The molecule has 0 spiro atoms. The van der Waals surface area contributed by atoms with Crippen LogP contribution in [0.2, 0.25) is 0 Å². The Balaban J connectivity index is 2.49. The monoisotopic (exact) mass is 286 g/mol. The van der Waals surface area contributed by atoms with E-state index in [2.05, 4.69) is 40.0 Å². The molecule has 0 saturated heterocycles. The maximum atomic E-state index is 13.5. The summed E-state index contributed by atoms with van der Waals surface area (Å²) in [6.07, 6.45) is 1.07. The van der Waals surface area contributed by atoms with Crippen molar-refractivity contribution >= 4 is 27.3 Å². The van der Waals surface area contributed by atoms with Gasteiger partial charge in [0.1, 0.15) is 5.82 Å². The van der Waals surface area contributed by atoms with Gasteiger partial charge in [-0.15, -0.1) is 0 Å². The highest BCUT2D eigenvalue weighted by atomic mass is 79.9. The molecule has 0 fully saturated rings. The molecule has 4 heteroatoms. The molecule has 0 aliphatic carbocycles. The number of rotatable bonds is 1. The van der Waals surface area contributed by atoms with Crippen molar-refractivity contribution in [1.29, 1.82) is 0 Å². The van der Waals surface area contributed by atoms with Crippen molar-refractivity contribution in [1.82, 2.24) is 0 Å². The molecule has 1 aliphatic rings. The Morgan fingerprint density at radius 2 is 2.31 bits per heavy atom. The van der Waals surface area contributed by atoms with Crippen LogP contribution in [-0.2, 0) is 0 Å². The van der Waals surface area contributed by atoms with Gasteiger partial charge in [0.2, 0.25) is 0 Å². The zero-order chi connectivity index (χ0) is 11.7. The zero-order valence-corrected chi connectivity index (χ0v) is 11.1. The second-order valence-corrected chi connectivity index (χ2v) is 4.99. The van der Waals surface area contributed by atoms with E-state index in [0.717, 1.165) is 30.9 Å². The van der Waals surface area contributed by atoms with Crippen LogP contribution in [-0.4, -0.2) is 19.1 Å². The number of hydrogen-bond donors (Lipinski definition) is 1. The van der Waals surface area contributed by atoms with Gasteiger partial charge in [0.15, 0.2) is 0 Å². The summed E-state index contributed by atoms with van der Waals surface area (Å²) in [5.74, 6) is -0.211. The number of halogens is 2. The second-order valence-electron chi connectivity index (χ2n) is 4.13. The van der Waals surface area contributed by atoms with E-state index in [1.165, 1.54) is 0 Å². The van der Waals surface area contributed by atoms with E-state index >= 15 is 0 Å². The molecule has 1 atom stereocenters. The number of hydrogen-bond acceptors (Lipinski definition) is 2. The first-order valence-corrected chi connectivity index (χ1v) is 6.42. The molecule has 16 heavy (non-hydrogen) atoms. The molecule has 2 nitrogen and oxygen atoms in total. The van der Waals surface area contributed by atoms with Crippen LogP contribution in [0.5, 0.6) is 0 Å². The van der Waals surface area contributed by atoms with Gasteiger partial charge >= 0.3 is 0 Å². The first kappa shape index (κ1) is 11.7. The largest absolute Gasteiger partial charge is 0.383 e. The molecule has 0 saturated carbocycles. The molecule has 0 aromatic heterocycles. The van der Waals surface area contributed by atoms with Crippen LogP contribution in [0, 0.1) is 5.82 Å². The lowest BCUT2D eigenvalue weighted by atomic mass is 10.2. The van der Waals surface area contributed by atoms with Crippen LogP contribution in [0.3, 0.4) is 0 Å². The van der Waals surface area contributed by atoms with Crippen LogP contribution in [0.4, 0.5) is 15.8 Å². The predicted octanol–water partition coefficient (Wildman–Crippen LogP) is 3.62. The third-order valence-electron chi connectivity index (χ3n) is 3.10. The van der Waals surface area contributed by atoms with Crippen molar-refractivity contribution in [3.05, 3.63) is 22.4 Å². The Bertz CT molecular complexity index is 395. The molecule has 1 unspecified atom stereocenters. The Kier molecular flexibility index (Phi) is 3.38. The highest BCUT2D eigenvalue weighted by Crippen LogP contribution is 2.34. The summed E-state index contributed by atoms with van der Waals surface area (Å²) in [5.41, 5.74) is 1.98. The number of fused-ring (bicyclic) bond motifs is 1.